The van der Waals surface area contributed by atoms with Crippen LogP contribution in [-0.2, 0) is 7.05 Å². The summed E-state index contributed by atoms with van der Waals surface area (Å²) in [6, 6.07) is 26.5. The molecule has 5 aromatic rings. The Balaban J connectivity index is 1.49. The van der Waals surface area contributed by atoms with Crippen molar-refractivity contribution < 1.29 is 18.5 Å². The second-order valence-corrected chi connectivity index (χ2v) is 7.78. The van der Waals surface area contributed by atoms with Gasteiger partial charge in [0.05, 0.1) is 10.9 Å². The summed E-state index contributed by atoms with van der Waals surface area (Å²) < 4.78 is 20.8. The molecule has 0 aliphatic carbocycles. The van der Waals surface area contributed by atoms with Crippen LogP contribution >= 0.6 is 0 Å². The zero-order chi connectivity index (χ0) is 20.9. The summed E-state index contributed by atoms with van der Waals surface area (Å²) in [5.41, 5.74) is 6.19. The van der Waals surface area contributed by atoms with E-state index in [1.165, 1.54) is 0 Å². The second kappa shape index (κ2) is 6.74. The van der Waals surface area contributed by atoms with Crippen LogP contribution in [0.5, 0.6) is 23.2 Å². The Morgan fingerprint density at radius 1 is 0.742 bits per heavy atom. The van der Waals surface area contributed by atoms with E-state index in [0.717, 1.165) is 38.9 Å². The molecule has 2 aromatic heterocycles. The number of aryl methyl sites for hydroxylation is 2. The number of ether oxygens (including phenoxy) is 2. The zero-order valence-corrected chi connectivity index (χ0v) is 17.3. The first kappa shape index (κ1) is 17.8. The average molecular weight is 406 g/mol. The molecule has 1 aliphatic heterocycles. The smallest absolute Gasteiger partial charge is 0.336 e. The second-order valence-electron chi connectivity index (χ2n) is 7.78. The predicted molar refractivity (Wildman–Crippen MR) is 120 cm³/mol. The molecular weight excluding hydrogens is 386 g/mol. The summed E-state index contributed by atoms with van der Waals surface area (Å²) >= 11 is 0. The Hall–Kier alpha value is -4.05. The van der Waals surface area contributed by atoms with Gasteiger partial charge in [-0.3, -0.25) is 0 Å². The lowest BCUT2D eigenvalue weighted by molar-refractivity contribution is -0.660. The van der Waals surface area contributed by atoms with Gasteiger partial charge < -0.3 is 13.9 Å². The molecule has 0 spiro atoms. The molecule has 6 rings (SSSR count). The Morgan fingerprint density at radius 3 is 2.42 bits per heavy atom. The summed E-state index contributed by atoms with van der Waals surface area (Å²) in [5.74, 6) is 2.34. The fourth-order valence-corrected chi connectivity index (χ4v) is 4.17. The molecule has 3 heterocycles. The highest BCUT2D eigenvalue weighted by Gasteiger charge is 2.29. The third-order valence-electron chi connectivity index (χ3n) is 5.77. The number of rotatable bonds is 2. The number of hydrogen-bond acceptors (Lipinski definition) is 3. The van der Waals surface area contributed by atoms with Gasteiger partial charge in [-0.1, -0.05) is 42.5 Å². The maximum Gasteiger partial charge on any atom is 0.336 e. The van der Waals surface area contributed by atoms with Crippen molar-refractivity contribution in [3.05, 3.63) is 90.6 Å². The van der Waals surface area contributed by atoms with Crippen LogP contribution in [0.15, 0.2) is 89.5 Å². The molecule has 0 saturated carbocycles. The van der Waals surface area contributed by atoms with E-state index in [9.17, 15) is 0 Å². The third-order valence-corrected chi connectivity index (χ3v) is 5.77. The van der Waals surface area contributed by atoms with Crippen molar-refractivity contribution in [2.24, 2.45) is 7.05 Å². The number of fused-ring (bicyclic) bond motifs is 4. The lowest BCUT2D eigenvalue weighted by Crippen LogP contribution is -2.30. The topological polar surface area (TPSA) is 35.5 Å². The lowest BCUT2D eigenvalue weighted by Gasteiger charge is -2.17. The van der Waals surface area contributed by atoms with Crippen LogP contribution < -0.4 is 14.0 Å². The number of pyridine rings is 1. The lowest BCUT2D eigenvalue weighted by atomic mass is 10.0. The first-order valence-corrected chi connectivity index (χ1v) is 10.3. The number of benzene rings is 3. The number of nitrogens with zero attached hydrogens (tertiary/aromatic N) is 1. The van der Waals surface area contributed by atoms with Gasteiger partial charge >= 0.3 is 5.95 Å². The highest BCUT2D eigenvalue weighted by Crippen LogP contribution is 2.52. The first-order chi connectivity index (χ1) is 15.2. The van der Waals surface area contributed by atoms with Crippen molar-refractivity contribution in [3.8, 4) is 45.6 Å². The summed E-state index contributed by atoms with van der Waals surface area (Å²) in [6.45, 7) is 2.09. The van der Waals surface area contributed by atoms with Crippen molar-refractivity contribution in [2.75, 3.05) is 0 Å². The van der Waals surface area contributed by atoms with Crippen LogP contribution in [0.25, 0.3) is 33.4 Å². The van der Waals surface area contributed by atoms with Crippen molar-refractivity contribution in [1.82, 2.24) is 0 Å². The van der Waals surface area contributed by atoms with E-state index in [1.807, 2.05) is 67.8 Å². The maximum absolute atomic E-state index is 6.26. The molecular formula is C27H20NO3+. The number of hydrogen-bond donors (Lipinski definition) is 0. The van der Waals surface area contributed by atoms with Crippen LogP contribution in [-0.4, -0.2) is 0 Å². The Kier molecular flexibility index (Phi) is 3.87. The quantitative estimate of drug-likeness (QED) is 0.297. The van der Waals surface area contributed by atoms with Crippen LogP contribution in [0.3, 0.4) is 0 Å². The number of furan rings is 1. The summed E-state index contributed by atoms with van der Waals surface area (Å²) in [4.78, 5) is 0. The Bertz CT molecular complexity index is 1450. The molecule has 0 N–H and O–H groups in total. The molecule has 0 unspecified atom stereocenters. The van der Waals surface area contributed by atoms with Crippen molar-refractivity contribution in [1.29, 1.82) is 0 Å². The molecule has 0 amide bonds. The maximum atomic E-state index is 6.26. The molecule has 0 bridgehead atoms. The molecule has 31 heavy (non-hydrogen) atoms. The molecule has 1 aliphatic rings. The standard InChI is InChI=1S/C27H20NO3/c1-17-11-13-20-25(24(17)21-10-6-7-15-28(21)2)31-27-26(20)29-22-14-12-19(16-23(22)30-27)18-8-4-3-5-9-18/h3-16H,1-2H3/q+1. The highest BCUT2D eigenvalue weighted by molar-refractivity contribution is 5.98. The molecule has 4 heteroatoms. The van der Waals surface area contributed by atoms with Crippen molar-refractivity contribution >= 4 is 11.0 Å². The average Bonchev–Trinajstić information content (AvgIpc) is 3.15. The Labute approximate surface area is 179 Å². The van der Waals surface area contributed by atoms with Gasteiger partial charge in [-0.15, -0.1) is 0 Å². The molecule has 4 nitrogen and oxygen atoms in total. The van der Waals surface area contributed by atoms with E-state index in [-0.39, 0.29) is 0 Å². The van der Waals surface area contributed by atoms with E-state index in [0.29, 0.717) is 23.2 Å². The van der Waals surface area contributed by atoms with Crippen molar-refractivity contribution in [2.45, 2.75) is 6.92 Å². The van der Waals surface area contributed by atoms with Gasteiger partial charge in [0.2, 0.25) is 11.4 Å². The molecule has 0 saturated heterocycles. The normalized spacial score (nSPS) is 12.1. The summed E-state index contributed by atoms with van der Waals surface area (Å²) in [6.07, 6.45) is 2.03. The minimum atomic E-state index is 0.387. The van der Waals surface area contributed by atoms with Crippen LogP contribution in [0.1, 0.15) is 5.56 Å². The third kappa shape index (κ3) is 2.80. The summed E-state index contributed by atoms with van der Waals surface area (Å²) in [5, 5.41) is 0.900. The molecule has 0 radical (unpaired) electrons. The first-order valence-electron chi connectivity index (χ1n) is 10.3. The number of aromatic nitrogens is 1. The molecule has 150 valence electrons. The molecule has 0 atom stereocenters. The fourth-order valence-electron chi connectivity index (χ4n) is 4.17. The van der Waals surface area contributed by atoms with Gasteiger partial charge in [0, 0.05) is 12.1 Å². The zero-order valence-electron chi connectivity index (χ0n) is 17.3. The largest absolute Gasteiger partial charge is 0.445 e. The minimum Gasteiger partial charge on any atom is -0.445 e. The van der Waals surface area contributed by atoms with Gasteiger partial charge in [-0.05, 0) is 47.9 Å². The van der Waals surface area contributed by atoms with E-state index >= 15 is 0 Å². The monoisotopic (exact) mass is 406 g/mol. The molecule has 0 fully saturated rings. The van der Waals surface area contributed by atoms with E-state index < -0.39 is 0 Å². The van der Waals surface area contributed by atoms with Gasteiger partial charge in [0.15, 0.2) is 23.3 Å². The van der Waals surface area contributed by atoms with Gasteiger partial charge in [0.25, 0.3) is 0 Å². The van der Waals surface area contributed by atoms with E-state index in [1.54, 1.807) is 0 Å². The van der Waals surface area contributed by atoms with Crippen LogP contribution in [0.4, 0.5) is 0 Å². The minimum absolute atomic E-state index is 0.387. The van der Waals surface area contributed by atoms with E-state index in [2.05, 4.69) is 35.8 Å². The highest BCUT2D eigenvalue weighted by atomic mass is 16.6. The summed E-state index contributed by atoms with van der Waals surface area (Å²) in [7, 11) is 2.03. The van der Waals surface area contributed by atoms with Crippen LogP contribution in [0.2, 0.25) is 0 Å². The van der Waals surface area contributed by atoms with Gasteiger partial charge in [-0.2, -0.15) is 0 Å². The molecule has 3 aromatic carbocycles. The predicted octanol–water partition coefficient (Wildman–Crippen LogP) is 6.80. The van der Waals surface area contributed by atoms with Gasteiger partial charge in [0.1, 0.15) is 7.05 Å². The SMILES string of the molecule is Cc1ccc2c3c(oc2c1-c1cccc[n+]1C)Oc1cc(-c2ccccc2)ccc1O3. The fraction of sp³-hybridized carbons (Fsp3) is 0.0741. The van der Waals surface area contributed by atoms with Crippen LogP contribution in [0, 0.1) is 6.92 Å². The van der Waals surface area contributed by atoms with Gasteiger partial charge in [-0.25, -0.2) is 4.57 Å². The van der Waals surface area contributed by atoms with Crippen molar-refractivity contribution in [3.63, 3.8) is 0 Å². The Morgan fingerprint density at radius 2 is 1.58 bits per heavy atom. The van der Waals surface area contributed by atoms with E-state index in [4.69, 9.17) is 13.9 Å².